The number of aryl methyl sites for hydroxylation is 1. The largest absolute Gasteiger partial charge is 0.508 e. The average Bonchev–Trinajstić information content (AvgIpc) is 3.25. The van der Waals surface area contributed by atoms with Gasteiger partial charge in [-0.25, -0.2) is 0 Å². The zero-order valence-corrected chi connectivity index (χ0v) is 24.3. The predicted molar refractivity (Wildman–Crippen MR) is 169 cm³/mol. The van der Waals surface area contributed by atoms with Gasteiger partial charge in [-0.15, -0.1) is 0 Å². The summed E-state index contributed by atoms with van der Waals surface area (Å²) < 4.78 is 8.45. The van der Waals surface area contributed by atoms with Crippen LogP contribution < -0.4 is 4.74 Å². The normalized spacial score (nSPS) is 11.4. The average molecular weight is 549 g/mol. The zero-order chi connectivity index (χ0) is 28.8. The third kappa shape index (κ3) is 6.58. The number of phenols is 2. The maximum Gasteiger partial charge on any atom is 0.119 e. The number of rotatable bonds is 12. The van der Waals surface area contributed by atoms with Crippen LogP contribution in [-0.2, 0) is 6.54 Å². The predicted octanol–water partition coefficient (Wildman–Crippen LogP) is 8.24. The quantitative estimate of drug-likeness (QED) is 0.165. The molecule has 0 spiro atoms. The Bertz CT molecular complexity index is 1560. The molecule has 5 nitrogen and oxygen atoms in total. The van der Waals surface area contributed by atoms with Gasteiger partial charge in [-0.05, 0) is 121 Å². The molecular weight excluding hydrogens is 508 g/mol. The number of nitrogens with zero attached hydrogens (tertiary/aromatic N) is 2. The van der Waals surface area contributed by atoms with Crippen LogP contribution in [0.2, 0.25) is 0 Å². The number of hydrogen-bond acceptors (Lipinski definition) is 4. The Balaban J connectivity index is 1.43. The lowest BCUT2D eigenvalue weighted by molar-refractivity contribution is 0.209. The first-order valence-corrected chi connectivity index (χ1v) is 14.6. The van der Waals surface area contributed by atoms with Crippen LogP contribution in [0, 0.1) is 6.92 Å². The van der Waals surface area contributed by atoms with Gasteiger partial charge in [-0.3, -0.25) is 4.90 Å². The monoisotopic (exact) mass is 548 g/mol. The highest BCUT2D eigenvalue weighted by atomic mass is 16.5. The fourth-order valence-electron chi connectivity index (χ4n) is 5.65. The molecule has 0 saturated heterocycles. The molecule has 5 heteroatoms. The van der Waals surface area contributed by atoms with Crippen LogP contribution in [0.5, 0.6) is 17.2 Å². The second kappa shape index (κ2) is 13.0. The minimum atomic E-state index is 0.256. The summed E-state index contributed by atoms with van der Waals surface area (Å²) >= 11 is 0. The smallest absolute Gasteiger partial charge is 0.119 e. The molecule has 0 fully saturated rings. The maximum absolute atomic E-state index is 9.93. The van der Waals surface area contributed by atoms with Crippen molar-refractivity contribution < 1.29 is 14.9 Å². The van der Waals surface area contributed by atoms with Gasteiger partial charge in [-0.2, -0.15) is 0 Å². The molecule has 5 aromatic rings. The first-order valence-electron chi connectivity index (χ1n) is 14.6. The van der Waals surface area contributed by atoms with E-state index in [2.05, 4.69) is 72.7 Å². The highest BCUT2D eigenvalue weighted by molar-refractivity contribution is 5.94. The van der Waals surface area contributed by atoms with E-state index in [1.54, 1.807) is 24.3 Å². The van der Waals surface area contributed by atoms with Gasteiger partial charge < -0.3 is 19.5 Å². The van der Waals surface area contributed by atoms with Crippen molar-refractivity contribution >= 4 is 10.9 Å². The molecule has 0 unspecified atom stereocenters. The fraction of sp³-hybridized carbons (Fsp3) is 0.278. The van der Waals surface area contributed by atoms with E-state index in [0.29, 0.717) is 13.2 Å². The molecule has 0 atom stereocenters. The first kappa shape index (κ1) is 28.3. The summed E-state index contributed by atoms with van der Waals surface area (Å²) in [7, 11) is 0. The lowest BCUT2D eigenvalue weighted by Crippen LogP contribution is -2.30. The molecule has 0 aliphatic heterocycles. The topological polar surface area (TPSA) is 57.9 Å². The zero-order valence-electron chi connectivity index (χ0n) is 24.3. The van der Waals surface area contributed by atoms with Crippen molar-refractivity contribution in [2.24, 2.45) is 0 Å². The minimum Gasteiger partial charge on any atom is -0.508 e. The summed E-state index contributed by atoms with van der Waals surface area (Å²) in [6.45, 7) is 11.2. The standard InChI is InChI=1S/C36H40N2O3/c1-4-20-37(21-5-2)22-23-41-33-17-6-27(7-18-33)25-38-35-19-12-30(28-8-13-31(39)14-9-28)24-34(35)26(3)36(38)29-10-15-32(40)16-11-29/h6-19,24,39-40H,4-5,20-23,25H2,1-3H3. The van der Waals surface area contributed by atoms with Gasteiger partial charge in [0, 0.05) is 24.0 Å². The second-order valence-corrected chi connectivity index (χ2v) is 10.7. The molecular formula is C36H40N2O3. The van der Waals surface area contributed by atoms with Crippen molar-refractivity contribution in [2.45, 2.75) is 40.2 Å². The number of fused-ring (bicyclic) bond motifs is 1. The molecule has 2 N–H and O–H groups in total. The Morgan fingerprint density at radius 2 is 1.27 bits per heavy atom. The third-order valence-corrected chi connectivity index (χ3v) is 7.68. The highest BCUT2D eigenvalue weighted by Gasteiger charge is 2.17. The number of hydrogen-bond donors (Lipinski definition) is 2. The van der Waals surface area contributed by atoms with Gasteiger partial charge in [0.25, 0.3) is 0 Å². The van der Waals surface area contributed by atoms with Gasteiger partial charge in [-0.1, -0.05) is 44.2 Å². The molecule has 0 amide bonds. The molecule has 212 valence electrons. The van der Waals surface area contributed by atoms with Crippen LogP contribution in [0.4, 0.5) is 0 Å². The van der Waals surface area contributed by atoms with Crippen LogP contribution >= 0.6 is 0 Å². The number of aromatic nitrogens is 1. The lowest BCUT2D eigenvalue weighted by Gasteiger charge is -2.21. The van der Waals surface area contributed by atoms with Gasteiger partial charge in [0.15, 0.2) is 0 Å². The molecule has 1 heterocycles. The number of ether oxygens (including phenoxy) is 1. The van der Waals surface area contributed by atoms with Crippen LogP contribution in [0.15, 0.2) is 91.0 Å². The third-order valence-electron chi connectivity index (χ3n) is 7.68. The highest BCUT2D eigenvalue weighted by Crippen LogP contribution is 2.37. The van der Waals surface area contributed by atoms with E-state index in [4.69, 9.17) is 4.74 Å². The molecule has 0 radical (unpaired) electrons. The second-order valence-electron chi connectivity index (χ2n) is 10.7. The SMILES string of the molecule is CCCN(CCC)CCOc1ccc(Cn2c(-c3ccc(O)cc3)c(C)c3cc(-c4ccc(O)cc4)ccc32)cc1. The van der Waals surface area contributed by atoms with E-state index in [1.807, 2.05) is 24.3 Å². The molecule has 0 aliphatic carbocycles. The molecule has 41 heavy (non-hydrogen) atoms. The van der Waals surface area contributed by atoms with E-state index < -0.39 is 0 Å². The van der Waals surface area contributed by atoms with Crippen molar-refractivity contribution in [1.82, 2.24) is 9.47 Å². The summed E-state index contributed by atoms with van der Waals surface area (Å²) in [5, 5.41) is 20.8. The Labute approximate surface area is 243 Å². The number of aromatic hydroxyl groups is 2. The fourth-order valence-corrected chi connectivity index (χ4v) is 5.65. The molecule has 4 aromatic carbocycles. The van der Waals surface area contributed by atoms with E-state index in [-0.39, 0.29) is 11.5 Å². The van der Waals surface area contributed by atoms with Gasteiger partial charge in [0.2, 0.25) is 0 Å². The summed E-state index contributed by atoms with van der Waals surface area (Å²) in [5.41, 5.74) is 7.89. The summed E-state index contributed by atoms with van der Waals surface area (Å²) in [4.78, 5) is 2.46. The number of phenolic OH excluding ortho intramolecular Hbond substituents is 2. The van der Waals surface area contributed by atoms with E-state index in [9.17, 15) is 10.2 Å². The minimum absolute atomic E-state index is 0.256. The van der Waals surface area contributed by atoms with Crippen molar-refractivity contribution in [3.8, 4) is 39.6 Å². The maximum atomic E-state index is 9.93. The molecule has 0 saturated carbocycles. The number of benzene rings is 4. The summed E-state index contributed by atoms with van der Waals surface area (Å²) in [6.07, 6.45) is 2.32. The van der Waals surface area contributed by atoms with Crippen LogP contribution in [-0.4, -0.2) is 45.9 Å². The van der Waals surface area contributed by atoms with Gasteiger partial charge >= 0.3 is 0 Å². The van der Waals surface area contributed by atoms with Crippen LogP contribution in [0.1, 0.15) is 37.8 Å². The Kier molecular flexibility index (Phi) is 8.95. The Morgan fingerprint density at radius 1 is 0.683 bits per heavy atom. The van der Waals surface area contributed by atoms with E-state index >= 15 is 0 Å². The molecule has 0 bridgehead atoms. The lowest BCUT2D eigenvalue weighted by atomic mass is 10.0. The summed E-state index contributed by atoms with van der Waals surface area (Å²) in [6, 6.07) is 29.8. The molecule has 0 aliphatic rings. The van der Waals surface area contributed by atoms with Gasteiger partial charge in [0.05, 0.1) is 5.69 Å². The van der Waals surface area contributed by atoms with Gasteiger partial charge in [0.1, 0.15) is 23.9 Å². The Morgan fingerprint density at radius 3 is 1.88 bits per heavy atom. The van der Waals surface area contributed by atoms with Crippen molar-refractivity contribution in [1.29, 1.82) is 0 Å². The van der Waals surface area contributed by atoms with E-state index in [1.165, 1.54) is 16.5 Å². The molecule has 5 rings (SSSR count). The summed E-state index contributed by atoms with van der Waals surface area (Å²) in [5.74, 6) is 1.41. The van der Waals surface area contributed by atoms with Crippen LogP contribution in [0.3, 0.4) is 0 Å². The molecule has 1 aromatic heterocycles. The van der Waals surface area contributed by atoms with Crippen molar-refractivity contribution in [2.75, 3.05) is 26.2 Å². The van der Waals surface area contributed by atoms with Crippen LogP contribution in [0.25, 0.3) is 33.3 Å². The first-order chi connectivity index (χ1) is 20.0. The van der Waals surface area contributed by atoms with Crippen molar-refractivity contribution in [3.05, 3.63) is 102 Å². The van der Waals surface area contributed by atoms with E-state index in [0.717, 1.165) is 66.1 Å². The van der Waals surface area contributed by atoms with Crippen molar-refractivity contribution in [3.63, 3.8) is 0 Å². The Hall–Kier alpha value is -4.22.